The van der Waals surface area contributed by atoms with Gasteiger partial charge in [-0.1, -0.05) is 6.92 Å². The van der Waals surface area contributed by atoms with E-state index in [9.17, 15) is 0 Å². The molecule has 0 aliphatic carbocycles. The summed E-state index contributed by atoms with van der Waals surface area (Å²) in [7, 11) is 0. The predicted octanol–water partition coefficient (Wildman–Crippen LogP) is 3.12. The monoisotopic (exact) mass is 241 g/mol. The van der Waals surface area contributed by atoms with Gasteiger partial charge in [0.2, 0.25) is 0 Å². The fourth-order valence-corrected chi connectivity index (χ4v) is 5.22. The van der Waals surface area contributed by atoms with Gasteiger partial charge in [0.1, 0.15) is 0 Å². The van der Waals surface area contributed by atoms with Crippen molar-refractivity contribution >= 4 is 35.9 Å². The van der Waals surface area contributed by atoms with Gasteiger partial charge in [0.25, 0.3) is 0 Å². The summed E-state index contributed by atoms with van der Waals surface area (Å²) in [5, 5.41) is 0.842. The highest BCUT2D eigenvalue weighted by atomic mass is 35.5. The molecule has 4 heteroatoms. The number of hydrogen-bond acceptors (Lipinski definition) is 3. The molecule has 0 radical (unpaired) electrons. The number of halogens is 1. The third-order valence-corrected chi connectivity index (χ3v) is 5.45. The van der Waals surface area contributed by atoms with Gasteiger partial charge in [-0.05, 0) is 38.5 Å². The maximum atomic E-state index is 5.52. The fraction of sp³-hybridized carbons (Fsp3) is 1.00. The second-order valence-corrected chi connectivity index (χ2v) is 7.39. The molecule has 1 heterocycles. The van der Waals surface area contributed by atoms with E-state index in [1.807, 2.05) is 0 Å². The molecule has 0 saturated carbocycles. The summed E-state index contributed by atoms with van der Waals surface area (Å²) in [5.41, 5.74) is 5.52. The Kier molecular flexibility index (Phi) is 6.91. The van der Waals surface area contributed by atoms with Crippen LogP contribution < -0.4 is 5.73 Å². The number of nitrogens with two attached hydrogens (primary N) is 1. The smallest absolute Gasteiger partial charge is 0.0586 e. The Bertz CT molecular complexity index is 146. The van der Waals surface area contributed by atoms with Gasteiger partial charge in [-0.25, -0.2) is 0 Å². The van der Waals surface area contributed by atoms with E-state index in [-0.39, 0.29) is 12.4 Å². The van der Waals surface area contributed by atoms with Crippen molar-refractivity contribution in [2.24, 2.45) is 5.73 Å². The molecule has 1 rings (SSSR count). The van der Waals surface area contributed by atoms with Crippen LogP contribution in [-0.4, -0.2) is 21.6 Å². The molecule has 0 aromatic carbocycles. The first kappa shape index (κ1) is 13.9. The maximum Gasteiger partial charge on any atom is 0.0586 e. The molecule has 1 aliphatic rings. The summed E-state index contributed by atoms with van der Waals surface area (Å²) in [6.45, 7) is 5.55. The van der Waals surface area contributed by atoms with Crippen LogP contribution in [-0.2, 0) is 0 Å². The summed E-state index contributed by atoms with van der Waals surface area (Å²) in [6, 6.07) is 0. The lowest BCUT2D eigenvalue weighted by Gasteiger charge is -2.35. The van der Waals surface area contributed by atoms with Crippen LogP contribution in [0.3, 0.4) is 0 Å². The zero-order valence-corrected chi connectivity index (χ0v) is 10.9. The molecule has 1 aliphatic heterocycles. The predicted molar refractivity (Wildman–Crippen MR) is 68.1 cm³/mol. The first-order chi connectivity index (χ1) is 5.66. The van der Waals surface area contributed by atoms with Crippen molar-refractivity contribution in [2.75, 3.05) is 12.3 Å². The van der Waals surface area contributed by atoms with Crippen LogP contribution in [0.5, 0.6) is 0 Å². The van der Waals surface area contributed by atoms with Gasteiger partial charge in [0.05, 0.1) is 4.08 Å². The van der Waals surface area contributed by atoms with Crippen LogP contribution in [0.15, 0.2) is 0 Å². The standard InChI is InChI=1S/C9H19NS2.ClH/c1-8-4-7-11-9(2,12-8)5-3-6-10;/h8H,3-7,10H2,1-2H3;1H. The zero-order valence-electron chi connectivity index (χ0n) is 8.41. The largest absolute Gasteiger partial charge is 0.330 e. The van der Waals surface area contributed by atoms with Crippen molar-refractivity contribution in [1.82, 2.24) is 0 Å². The summed E-state index contributed by atoms with van der Waals surface area (Å²) in [6.07, 6.45) is 3.81. The highest BCUT2D eigenvalue weighted by Gasteiger charge is 2.30. The van der Waals surface area contributed by atoms with Crippen LogP contribution >= 0.6 is 35.9 Å². The Morgan fingerprint density at radius 1 is 1.54 bits per heavy atom. The average molecular weight is 242 g/mol. The van der Waals surface area contributed by atoms with E-state index in [1.165, 1.54) is 25.0 Å². The van der Waals surface area contributed by atoms with Crippen LogP contribution in [0.25, 0.3) is 0 Å². The number of thioether (sulfide) groups is 2. The maximum absolute atomic E-state index is 5.52. The average Bonchev–Trinajstić information content (AvgIpc) is 2.01. The number of rotatable bonds is 3. The quantitative estimate of drug-likeness (QED) is 0.823. The highest BCUT2D eigenvalue weighted by Crippen LogP contribution is 2.47. The molecule has 0 aromatic heterocycles. The van der Waals surface area contributed by atoms with Crippen LogP contribution in [0, 0.1) is 0 Å². The van der Waals surface area contributed by atoms with Crippen LogP contribution in [0.4, 0.5) is 0 Å². The Morgan fingerprint density at radius 2 is 2.23 bits per heavy atom. The molecule has 1 nitrogen and oxygen atoms in total. The van der Waals surface area contributed by atoms with E-state index in [1.54, 1.807) is 0 Å². The minimum atomic E-state index is 0. The topological polar surface area (TPSA) is 26.0 Å². The van der Waals surface area contributed by atoms with Crippen molar-refractivity contribution in [1.29, 1.82) is 0 Å². The summed E-state index contributed by atoms with van der Waals surface area (Å²) >= 11 is 4.25. The van der Waals surface area contributed by atoms with Crippen molar-refractivity contribution < 1.29 is 0 Å². The second kappa shape index (κ2) is 6.44. The minimum Gasteiger partial charge on any atom is -0.330 e. The number of hydrogen-bond donors (Lipinski definition) is 1. The molecular formula is C9H20ClNS2. The first-order valence-electron chi connectivity index (χ1n) is 4.68. The van der Waals surface area contributed by atoms with Gasteiger partial charge in [-0.3, -0.25) is 0 Å². The molecule has 2 atom stereocenters. The molecule has 80 valence electrons. The third-order valence-electron chi connectivity index (χ3n) is 2.22. The summed E-state index contributed by atoms with van der Waals surface area (Å²) in [4.78, 5) is 0. The molecule has 1 fully saturated rings. The van der Waals surface area contributed by atoms with E-state index in [0.717, 1.165) is 11.8 Å². The zero-order chi connectivity index (χ0) is 9.03. The van der Waals surface area contributed by atoms with E-state index in [4.69, 9.17) is 5.73 Å². The van der Waals surface area contributed by atoms with Gasteiger partial charge in [0.15, 0.2) is 0 Å². The Hall–Kier alpha value is 0.950. The Balaban J connectivity index is 0.00000144. The molecule has 0 bridgehead atoms. The van der Waals surface area contributed by atoms with Crippen LogP contribution in [0.2, 0.25) is 0 Å². The first-order valence-corrected chi connectivity index (χ1v) is 6.55. The lowest BCUT2D eigenvalue weighted by molar-refractivity contribution is 0.695. The van der Waals surface area contributed by atoms with E-state index >= 15 is 0 Å². The fourth-order valence-electron chi connectivity index (χ4n) is 1.51. The Morgan fingerprint density at radius 3 is 2.77 bits per heavy atom. The minimum absolute atomic E-state index is 0. The molecule has 2 N–H and O–H groups in total. The summed E-state index contributed by atoms with van der Waals surface area (Å²) < 4.78 is 0.455. The molecule has 0 aromatic rings. The van der Waals surface area contributed by atoms with E-state index in [2.05, 4.69) is 37.4 Å². The highest BCUT2D eigenvalue weighted by molar-refractivity contribution is 8.19. The third kappa shape index (κ3) is 4.82. The van der Waals surface area contributed by atoms with Crippen molar-refractivity contribution in [3.63, 3.8) is 0 Å². The lowest BCUT2D eigenvalue weighted by atomic mass is 10.2. The second-order valence-electron chi connectivity index (χ2n) is 3.59. The SMILES string of the molecule is CC1CCSC(C)(CCCN)S1.Cl. The molecular weight excluding hydrogens is 222 g/mol. The van der Waals surface area contributed by atoms with Crippen molar-refractivity contribution in [2.45, 2.75) is 42.4 Å². The van der Waals surface area contributed by atoms with E-state index in [0.29, 0.717) is 4.08 Å². The molecule has 0 spiro atoms. The Labute approximate surface area is 96.4 Å². The van der Waals surface area contributed by atoms with Crippen molar-refractivity contribution in [3.8, 4) is 0 Å². The molecule has 0 amide bonds. The summed E-state index contributed by atoms with van der Waals surface area (Å²) in [5.74, 6) is 1.33. The van der Waals surface area contributed by atoms with Gasteiger partial charge < -0.3 is 5.73 Å². The van der Waals surface area contributed by atoms with Gasteiger partial charge in [-0.2, -0.15) is 0 Å². The molecule has 2 unspecified atom stereocenters. The van der Waals surface area contributed by atoms with Gasteiger partial charge in [-0.15, -0.1) is 35.9 Å². The molecule has 1 saturated heterocycles. The van der Waals surface area contributed by atoms with Gasteiger partial charge in [0, 0.05) is 5.25 Å². The van der Waals surface area contributed by atoms with E-state index < -0.39 is 0 Å². The normalized spacial score (nSPS) is 33.9. The molecule has 13 heavy (non-hydrogen) atoms. The van der Waals surface area contributed by atoms with Crippen molar-refractivity contribution in [3.05, 3.63) is 0 Å². The lowest BCUT2D eigenvalue weighted by Crippen LogP contribution is -2.25. The van der Waals surface area contributed by atoms with Gasteiger partial charge >= 0.3 is 0 Å². The van der Waals surface area contributed by atoms with Crippen LogP contribution in [0.1, 0.15) is 33.1 Å².